The molecule has 0 N–H and O–H groups in total. The van der Waals surface area contributed by atoms with Crippen molar-refractivity contribution in [2.45, 2.75) is 25.7 Å². The van der Waals surface area contributed by atoms with E-state index in [4.69, 9.17) is 4.74 Å². The van der Waals surface area contributed by atoms with E-state index in [1.165, 1.54) is 32.4 Å². The molecule has 0 aliphatic carbocycles. The maximum absolute atomic E-state index is 5.62. The lowest BCUT2D eigenvalue weighted by Crippen LogP contribution is -2.35. The second-order valence-corrected chi connectivity index (χ2v) is 4.78. The fourth-order valence-corrected chi connectivity index (χ4v) is 2.20. The first kappa shape index (κ1) is 13.4. The highest BCUT2D eigenvalue weighted by Gasteiger charge is 2.08. The van der Waals surface area contributed by atoms with Gasteiger partial charge in [0, 0.05) is 6.54 Å². The average molecular weight is 247 g/mol. The Labute approximate surface area is 110 Å². The normalized spacial score (nSPS) is 16.7. The van der Waals surface area contributed by atoms with Crippen LogP contribution in [0.3, 0.4) is 0 Å². The zero-order valence-corrected chi connectivity index (χ0v) is 11.1. The van der Waals surface area contributed by atoms with E-state index in [0.29, 0.717) is 0 Å². The van der Waals surface area contributed by atoms with Crippen molar-refractivity contribution >= 4 is 0 Å². The van der Waals surface area contributed by atoms with E-state index in [2.05, 4.69) is 10.2 Å². The van der Waals surface area contributed by atoms with E-state index in [-0.39, 0.29) is 0 Å². The van der Waals surface area contributed by atoms with Crippen molar-refractivity contribution in [2.75, 3.05) is 32.9 Å². The number of para-hydroxylation sites is 1. The van der Waals surface area contributed by atoms with Gasteiger partial charge >= 0.3 is 0 Å². The summed E-state index contributed by atoms with van der Waals surface area (Å²) in [5.41, 5.74) is 0. The van der Waals surface area contributed by atoms with Crippen molar-refractivity contribution in [3.8, 4) is 5.75 Å². The highest BCUT2D eigenvalue weighted by atomic mass is 16.5. The fourth-order valence-electron chi connectivity index (χ4n) is 2.20. The van der Waals surface area contributed by atoms with E-state index < -0.39 is 0 Å². The molecule has 1 aromatic carbocycles. The van der Waals surface area contributed by atoms with Crippen LogP contribution >= 0.6 is 0 Å². The molecule has 18 heavy (non-hydrogen) atoms. The summed E-state index contributed by atoms with van der Waals surface area (Å²) in [6.45, 7) is 5.02. The molecule has 2 rings (SSSR count). The first-order valence-electron chi connectivity index (χ1n) is 6.98. The number of rotatable bonds is 7. The lowest BCUT2D eigenvalue weighted by molar-refractivity contribution is 0.207. The van der Waals surface area contributed by atoms with E-state index >= 15 is 0 Å². The Morgan fingerprint density at radius 1 is 1.06 bits per heavy atom. The summed E-state index contributed by atoms with van der Waals surface area (Å²) in [6.07, 6.45) is 5.07. The van der Waals surface area contributed by atoms with Crippen LogP contribution in [0.25, 0.3) is 0 Å². The van der Waals surface area contributed by atoms with Crippen LogP contribution in [0, 0.1) is 0 Å². The van der Waals surface area contributed by atoms with Crippen molar-refractivity contribution in [3.63, 3.8) is 0 Å². The van der Waals surface area contributed by atoms with Gasteiger partial charge in [0.1, 0.15) is 5.75 Å². The number of hydrogen-bond donors (Lipinski definition) is 0. The lowest BCUT2D eigenvalue weighted by Gasteiger charge is -2.25. The molecule has 1 fully saturated rings. The highest BCUT2D eigenvalue weighted by molar-refractivity contribution is 5.20. The van der Waals surface area contributed by atoms with E-state index in [0.717, 1.165) is 32.0 Å². The average Bonchev–Trinajstić information content (AvgIpc) is 2.45. The zero-order valence-electron chi connectivity index (χ0n) is 11.1. The van der Waals surface area contributed by atoms with Crippen LogP contribution in [-0.4, -0.2) is 37.8 Å². The summed E-state index contributed by atoms with van der Waals surface area (Å²) in [5.74, 6) is 0.952. The largest absolute Gasteiger partial charge is 0.494 e. The lowest BCUT2D eigenvalue weighted by atomic mass is 10.1. The van der Waals surface area contributed by atoms with Gasteiger partial charge in [-0.1, -0.05) is 24.6 Å². The van der Waals surface area contributed by atoms with Gasteiger partial charge in [-0.15, -0.1) is 0 Å². The Morgan fingerprint density at radius 2 is 1.83 bits per heavy atom. The van der Waals surface area contributed by atoms with Crippen LogP contribution < -0.4 is 10.1 Å². The van der Waals surface area contributed by atoms with Gasteiger partial charge in [0.15, 0.2) is 0 Å². The third kappa shape index (κ3) is 5.07. The number of nitrogens with zero attached hydrogens (tertiary/aromatic N) is 2. The number of benzene rings is 1. The molecule has 0 atom stereocenters. The molecular formula is C15H23N2O. The Morgan fingerprint density at radius 3 is 2.61 bits per heavy atom. The maximum atomic E-state index is 5.62. The molecule has 0 amide bonds. The molecular weight excluding hydrogens is 224 g/mol. The SMILES string of the molecule is c1ccc(OCCC[N]CN2CCCCC2)cc1. The van der Waals surface area contributed by atoms with Crippen LogP contribution in [0.5, 0.6) is 5.75 Å². The van der Waals surface area contributed by atoms with E-state index in [1.807, 2.05) is 30.3 Å². The van der Waals surface area contributed by atoms with Crippen molar-refractivity contribution < 1.29 is 4.74 Å². The molecule has 1 aliphatic rings. The predicted octanol–water partition coefficient (Wildman–Crippen LogP) is 2.50. The summed E-state index contributed by atoms with van der Waals surface area (Å²) < 4.78 is 5.62. The second-order valence-electron chi connectivity index (χ2n) is 4.78. The van der Waals surface area contributed by atoms with Gasteiger partial charge in [0.05, 0.1) is 13.3 Å². The quantitative estimate of drug-likeness (QED) is 0.692. The molecule has 0 bridgehead atoms. The summed E-state index contributed by atoms with van der Waals surface area (Å²) >= 11 is 0. The van der Waals surface area contributed by atoms with Crippen LogP contribution in [0.1, 0.15) is 25.7 Å². The molecule has 0 aromatic heterocycles. The Bertz CT molecular complexity index is 310. The van der Waals surface area contributed by atoms with Gasteiger partial charge in [-0.2, -0.15) is 0 Å². The van der Waals surface area contributed by atoms with E-state index in [1.54, 1.807) is 0 Å². The predicted molar refractivity (Wildman–Crippen MR) is 73.8 cm³/mol. The van der Waals surface area contributed by atoms with Crippen molar-refractivity contribution in [3.05, 3.63) is 30.3 Å². The molecule has 0 saturated carbocycles. The van der Waals surface area contributed by atoms with Gasteiger partial charge in [-0.25, -0.2) is 5.32 Å². The monoisotopic (exact) mass is 247 g/mol. The van der Waals surface area contributed by atoms with Crippen molar-refractivity contribution in [1.82, 2.24) is 10.2 Å². The molecule has 0 unspecified atom stereocenters. The molecule has 1 saturated heterocycles. The van der Waals surface area contributed by atoms with Gasteiger partial charge in [0.2, 0.25) is 0 Å². The number of hydrogen-bond acceptors (Lipinski definition) is 2. The molecule has 0 spiro atoms. The van der Waals surface area contributed by atoms with Crippen LogP contribution in [0.2, 0.25) is 0 Å². The second kappa shape index (κ2) is 8.11. The minimum Gasteiger partial charge on any atom is -0.494 e. The third-order valence-electron chi connectivity index (χ3n) is 3.22. The molecule has 1 radical (unpaired) electrons. The number of piperidine rings is 1. The van der Waals surface area contributed by atoms with Gasteiger partial charge in [-0.3, -0.25) is 4.90 Å². The van der Waals surface area contributed by atoms with Crippen molar-refractivity contribution in [2.24, 2.45) is 0 Å². The topological polar surface area (TPSA) is 26.6 Å². The smallest absolute Gasteiger partial charge is 0.119 e. The standard InChI is InChI=1S/C15H23N2O/c1-3-8-15(9-4-1)18-13-7-10-16-14-17-11-5-2-6-12-17/h1,3-4,8-9H,2,5-7,10-14H2. The summed E-state index contributed by atoms with van der Waals surface area (Å²) in [4.78, 5) is 2.45. The summed E-state index contributed by atoms with van der Waals surface area (Å²) in [6, 6.07) is 9.97. The Kier molecular flexibility index (Phi) is 6.03. The molecule has 3 nitrogen and oxygen atoms in total. The summed E-state index contributed by atoms with van der Waals surface area (Å²) in [7, 11) is 0. The Hall–Kier alpha value is -1.06. The molecule has 1 heterocycles. The zero-order chi connectivity index (χ0) is 12.5. The minimum absolute atomic E-state index is 0.757. The highest BCUT2D eigenvalue weighted by Crippen LogP contribution is 2.08. The van der Waals surface area contributed by atoms with Crippen molar-refractivity contribution in [1.29, 1.82) is 0 Å². The molecule has 99 valence electrons. The number of ether oxygens (including phenoxy) is 1. The van der Waals surface area contributed by atoms with Crippen LogP contribution in [0.15, 0.2) is 30.3 Å². The van der Waals surface area contributed by atoms with Gasteiger partial charge in [0.25, 0.3) is 0 Å². The van der Waals surface area contributed by atoms with Crippen LogP contribution in [-0.2, 0) is 0 Å². The minimum atomic E-state index is 0.757. The maximum Gasteiger partial charge on any atom is 0.119 e. The fraction of sp³-hybridized carbons (Fsp3) is 0.600. The van der Waals surface area contributed by atoms with Gasteiger partial charge < -0.3 is 4.74 Å². The van der Waals surface area contributed by atoms with Crippen LogP contribution in [0.4, 0.5) is 0 Å². The number of likely N-dealkylation sites (tertiary alicyclic amines) is 1. The first-order valence-corrected chi connectivity index (χ1v) is 6.98. The first-order chi connectivity index (χ1) is 8.95. The third-order valence-corrected chi connectivity index (χ3v) is 3.22. The molecule has 1 aliphatic heterocycles. The Balaban J connectivity index is 1.46. The molecule has 1 aromatic rings. The molecule has 3 heteroatoms. The van der Waals surface area contributed by atoms with Gasteiger partial charge in [-0.05, 0) is 44.5 Å². The van der Waals surface area contributed by atoms with E-state index in [9.17, 15) is 0 Å². The summed E-state index contributed by atoms with van der Waals surface area (Å²) in [5, 5.41) is 4.57.